The van der Waals surface area contributed by atoms with Gasteiger partial charge in [-0.15, -0.1) is 0 Å². The van der Waals surface area contributed by atoms with Crippen LogP contribution in [0.4, 0.5) is 11.4 Å². The molecule has 116 valence electrons. The molecule has 1 aliphatic rings. The Kier molecular flexibility index (Phi) is 4.41. The van der Waals surface area contributed by atoms with Crippen molar-refractivity contribution in [3.05, 3.63) is 23.8 Å². The maximum atomic E-state index is 11.8. The van der Waals surface area contributed by atoms with Crippen LogP contribution in [0.15, 0.2) is 18.2 Å². The number of rotatable bonds is 4. The Balaban J connectivity index is 2.28. The average molecular weight is 312 g/mol. The molecule has 1 aliphatic heterocycles. The second-order valence-corrected chi connectivity index (χ2v) is 7.36. The molecule has 0 amide bonds. The number of para-hydroxylation sites is 1. The average Bonchev–Trinajstić information content (AvgIpc) is 2.79. The van der Waals surface area contributed by atoms with E-state index in [1.54, 1.807) is 32.2 Å². The number of benzene rings is 1. The second kappa shape index (κ2) is 5.93. The van der Waals surface area contributed by atoms with E-state index in [0.717, 1.165) is 0 Å². The van der Waals surface area contributed by atoms with E-state index in [0.29, 0.717) is 23.4 Å². The van der Waals surface area contributed by atoms with E-state index in [4.69, 9.17) is 10.5 Å². The van der Waals surface area contributed by atoms with Gasteiger partial charge in [0, 0.05) is 13.1 Å². The predicted octanol–water partition coefficient (Wildman–Crippen LogP) is 1.07. The molecule has 2 N–H and O–H groups in total. The maximum Gasteiger partial charge on any atom is 0.340 e. The van der Waals surface area contributed by atoms with Gasteiger partial charge in [0.25, 0.3) is 0 Å². The number of hydrogen-bond acceptors (Lipinski definition) is 6. The van der Waals surface area contributed by atoms with Crippen LogP contribution in [0, 0.1) is 0 Å². The number of carbonyl (C=O) groups excluding carboxylic acids is 1. The van der Waals surface area contributed by atoms with Gasteiger partial charge in [0.2, 0.25) is 0 Å². The van der Waals surface area contributed by atoms with Crippen LogP contribution in [0.25, 0.3) is 0 Å². The molecule has 0 saturated carbocycles. The molecule has 1 heterocycles. The van der Waals surface area contributed by atoms with Crippen LogP contribution in [-0.4, -0.2) is 45.6 Å². The van der Waals surface area contributed by atoms with Crippen molar-refractivity contribution in [3.8, 4) is 0 Å². The van der Waals surface area contributed by atoms with Crippen molar-refractivity contribution in [2.45, 2.75) is 19.4 Å². The molecule has 1 fully saturated rings. The van der Waals surface area contributed by atoms with Gasteiger partial charge in [0.1, 0.15) is 0 Å². The van der Waals surface area contributed by atoms with Crippen molar-refractivity contribution in [2.24, 2.45) is 0 Å². The van der Waals surface area contributed by atoms with Gasteiger partial charge in [-0.25, -0.2) is 13.2 Å². The topological polar surface area (TPSA) is 89.7 Å². The number of nitrogens with zero attached hydrogens (tertiary/aromatic N) is 1. The normalized spacial score (nSPS) is 20.2. The molecule has 0 spiro atoms. The smallest absolute Gasteiger partial charge is 0.340 e. The fourth-order valence-electron chi connectivity index (χ4n) is 2.52. The lowest BCUT2D eigenvalue weighted by molar-refractivity contribution is 0.0527. The third kappa shape index (κ3) is 3.29. The highest BCUT2D eigenvalue weighted by Crippen LogP contribution is 2.30. The van der Waals surface area contributed by atoms with Gasteiger partial charge in [0.05, 0.1) is 35.1 Å². The van der Waals surface area contributed by atoms with E-state index >= 15 is 0 Å². The van der Waals surface area contributed by atoms with E-state index in [1.807, 2.05) is 4.90 Å². The minimum absolute atomic E-state index is 0.116. The fraction of sp³-hybridized carbons (Fsp3) is 0.500. The third-order valence-electron chi connectivity index (χ3n) is 3.71. The molecule has 7 heteroatoms. The summed E-state index contributed by atoms with van der Waals surface area (Å²) in [6.45, 7) is 2.01. The first-order valence-corrected chi connectivity index (χ1v) is 8.66. The van der Waals surface area contributed by atoms with Crippen LogP contribution >= 0.6 is 0 Å². The first-order chi connectivity index (χ1) is 9.85. The Morgan fingerprint density at radius 3 is 2.76 bits per heavy atom. The molecule has 0 bridgehead atoms. The van der Waals surface area contributed by atoms with Crippen molar-refractivity contribution in [1.29, 1.82) is 0 Å². The summed E-state index contributed by atoms with van der Waals surface area (Å²) < 4.78 is 28.1. The van der Waals surface area contributed by atoms with Crippen molar-refractivity contribution < 1.29 is 17.9 Å². The van der Waals surface area contributed by atoms with E-state index in [2.05, 4.69) is 0 Å². The van der Waals surface area contributed by atoms with Crippen molar-refractivity contribution >= 4 is 27.2 Å². The summed E-state index contributed by atoms with van der Waals surface area (Å²) in [4.78, 5) is 13.7. The van der Waals surface area contributed by atoms with Crippen molar-refractivity contribution in [3.63, 3.8) is 0 Å². The van der Waals surface area contributed by atoms with Gasteiger partial charge < -0.3 is 15.4 Å². The summed E-state index contributed by atoms with van der Waals surface area (Å²) in [7, 11) is -1.17. The molecule has 2 rings (SSSR count). The number of nitrogen functional groups attached to an aromatic ring is 1. The first-order valence-electron chi connectivity index (χ1n) is 6.84. The van der Waals surface area contributed by atoms with Crippen LogP contribution in [-0.2, 0) is 14.6 Å². The fourth-order valence-corrected chi connectivity index (χ4v) is 4.30. The lowest BCUT2D eigenvalue weighted by atomic mass is 10.1. The molecule has 1 aromatic rings. The highest BCUT2D eigenvalue weighted by Gasteiger charge is 2.31. The molecule has 21 heavy (non-hydrogen) atoms. The molecule has 1 atom stereocenters. The highest BCUT2D eigenvalue weighted by molar-refractivity contribution is 7.91. The molecule has 1 unspecified atom stereocenters. The zero-order chi connectivity index (χ0) is 15.6. The molecule has 6 nitrogen and oxygen atoms in total. The quantitative estimate of drug-likeness (QED) is 0.661. The number of nitrogens with two attached hydrogens (primary N) is 1. The maximum absolute atomic E-state index is 11.8. The predicted molar refractivity (Wildman–Crippen MR) is 82.3 cm³/mol. The van der Waals surface area contributed by atoms with E-state index in [-0.39, 0.29) is 24.2 Å². The number of anilines is 2. The van der Waals surface area contributed by atoms with Crippen LogP contribution in [0.5, 0.6) is 0 Å². The van der Waals surface area contributed by atoms with Crippen LogP contribution in [0.3, 0.4) is 0 Å². The molecule has 1 saturated heterocycles. The summed E-state index contributed by atoms with van der Waals surface area (Å²) in [6, 6.07) is 4.99. The summed E-state index contributed by atoms with van der Waals surface area (Å²) in [5, 5.41) is 0. The van der Waals surface area contributed by atoms with Gasteiger partial charge in [0.15, 0.2) is 9.84 Å². The molecule has 0 aromatic heterocycles. The van der Waals surface area contributed by atoms with Gasteiger partial charge in [-0.2, -0.15) is 0 Å². The lowest BCUT2D eigenvalue weighted by Gasteiger charge is -2.27. The highest BCUT2D eigenvalue weighted by atomic mass is 32.2. The third-order valence-corrected chi connectivity index (χ3v) is 5.46. The first kappa shape index (κ1) is 15.6. The van der Waals surface area contributed by atoms with Crippen molar-refractivity contribution in [2.75, 3.05) is 35.8 Å². The Morgan fingerprint density at radius 2 is 2.19 bits per heavy atom. The van der Waals surface area contributed by atoms with Crippen LogP contribution in [0.1, 0.15) is 23.7 Å². The van der Waals surface area contributed by atoms with Gasteiger partial charge >= 0.3 is 5.97 Å². The van der Waals surface area contributed by atoms with Crippen LogP contribution in [0.2, 0.25) is 0 Å². The Morgan fingerprint density at radius 1 is 1.48 bits per heavy atom. The monoisotopic (exact) mass is 312 g/mol. The number of hydrogen-bond donors (Lipinski definition) is 1. The summed E-state index contributed by atoms with van der Waals surface area (Å²) in [5.74, 6) is -0.157. The SMILES string of the molecule is CCOC(=O)c1cccc(N(C)C2CCS(=O)(=O)C2)c1N. The molecule has 0 radical (unpaired) electrons. The number of ether oxygens (including phenoxy) is 1. The van der Waals surface area contributed by atoms with Gasteiger partial charge in [-0.05, 0) is 25.5 Å². The lowest BCUT2D eigenvalue weighted by Crippen LogP contribution is -2.33. The van der Waals surface area contributed by atoms with E-state index in [9.17, 15) is 13.2 Å². The minimum Gasteiger partial charge on any atom is -0.462 e. The molecular weight excluding hydrogens is 292 g/mol. The second-order valence-electron chi connectivity index (χ2n) is 5.13. The van der Waals surface area contributed by atoms with E-state index < -0.39 is 15.8 Å². The Hall–Kier alpha value is -1.76. The zero-order valence-electron chi connectivity index (χ0n) is 12.2. The van der Waals surface area contributed by atoms with Gasteiger partial charge in [-0.1, -0.05) is 6.07 Å². The van der Waals surface area contributed by atoms with Crippen LogP contribution < -0.4 is 10.6 Å². The standard InChI is InChI=1S/C14H20N2O4S/c1-3-20-14(17)11-5-4-6-12(13(11)15)16(2)10-7-8-21(18,19)9-10/h4-6,10H,3,7-9,15H2,1-2H3. The largest absolute Gasteiger partial charge is 0.462 e. The molecule has 0 aliphatic carbocycles. The summed E-state index contributed by atoms with van der Waals surface area (Å²) in [6.07, 6.45) is 0.571. The molecular formula is C14H20N2O4S. The number of esters is 1. The minimum atomic E-state index is -2.97. The zero-order valence-corrected chi connectivity index (χ0v) is 13.0. The molecule has 1 aromatic carbocycles. The van der Waals surface area contributed by atoms with E-state index in [1.165, 1.54) is 0 Å². The number of carbonyl (C=O) groups is 1. The van der Waals surface area contributed by atoms with Gasteiger partial charge in [-0.3, -0.25) is 0 Å². The number of sulfone groups is 1. The van der Waals surface area contributed by atoms with Crippen molar-refractivity contribution in [1.82, 2.24) is 0 Å². The summed E-state index contributed by atoms with van der Waals surface area (Å²) >= 11 is 0. The summed E-state index contributed by atoms with van der Waals surface area (Å²) in [5.41, 5.74) is 7.34. The Bertz CT molecular complexity index is 642. The Labute approximate surface area is 124 Å².